The topological polar surface area (TPSA) is 60.9 Å². The van der Waals surface area contributed by atoms with E-state index in [1.54, 1.807) is 0 Å². The fourth-order valence-corrected chi connectivity index (χ4v) is 5.91. The zero-order valence-electron chi connectivity index (χ0n) is 17.5. The Labute approximate surface area is 168 Å². The monoisotopic (exact) mass is 389 g/mol. The van der Waals surface area contributed by atoms with Crippen LogP contribution in [-0.4, -0.2) is 71.7 Å². The molecule has 0 aromatic heterocycles. The highest BCUT2D eigenvalue weighted by Crippen LogP contribution is 2.45. The van der Waals surface area contributed by atoms with Gasteiger partial charge in [-0.25, -0.2) is 0 Å². The van der Waals surface area contributed by atoms with Crippen molar-refractivity contribution < 1.29 is 14.4 Å². The minimum absolute atomic E-state index is 0.0576. The average Bonchev–Trinajstić information content (AvgIpc) is 3.41. The van der Waals surface area contributed by atoms with Crippen LogP contribution < -0.4 is 0 Å². The van der Waals surface area contributed by atoms with Crippen molar-refractivity contribution >= 4 is 17.7 Å². The van der Waals surface area contributed by atoms with Crippen LogP contribution in [0.4, 0.5) is 0 Å². The minimum atomic E-state index is -0.584. The lowest BCUT2D eigenvalue weighted by Crippen LogP contribution is -2.50. The van der Waals surface area contributed by atoms with Gasteiger partial charge in [0, 0.05) is 57.0 Å². The second kappa shape index (κ2) is 7.68. The number of carbonyl (C=O) groups excluding carboxylic acids is 3. The second-order valence-electron chi connectivity index (χ2n) is 9.78. The summed E-state index contributed by atoms with van der Waals surface area (Å²) in [6.07, 6.45) is 7.62. The molecule has 1 aliphatic carbocycles. The second-order valence-corrected chi connectivity index (χ2v) is 9.78. The van der Waals surface area contributed by atoms with E-state index in [0.29, 0.717) is 26.2 Å². The molecule has 0 unspecified atom stereocenters. The maximum Gasteiger partial charge on any atom is 0.232 e. The predicted molar refractivity (Wildman–Crippen MR) is 106 cm³/mol. The van der Waals surface area contributed by atoms with E-state index >= 15 is 0 Å². The first-order valence-corrected chi connectivity index (χ1v) is 11.3. The lowest BCUT2D eigenvalue weighted by molar-refractivity contribution is -0.143. The van der Waals surface area contributed by atoms with Crippen molar-refractivity contribution in [3.63, 3.8) is 0 Å². The van der Waals surface area contributed by atoms with Gasteiger partial charge in [0.2, 0.25) is 17.7 Å². The molecule has 0 aromatic rings. The van der Waals surface area contributed by atoms with Gasteiger partial charge in [-0.05, 0) is 25.7 Å². The molecule has 4 fully saturated rings. The van der Waals surface area contributed by atoms with Crippen LogP contribution in [0.25, 0.3) is 0 Å². The van der Waals surface area contributed by atoms with E-state index in [0.717, 1.165) is 51.6 Å². The number of hydrogen-bond acceptors (Lipinski definition) is 3. The largest absolute Gasteiger partial charge is 0.342 e. The molecule has 0 N–H and O–H groups in total. The zero-order chi connectivity index (χ0) is 19.9. The van der Waals surface area contributed by atoms with Crippen molar-refractivity contribution in [2.45, 2.75) is 58.8 Å². The summed E-state index contributed by atoms with van der Waals surface area (Å²) in [7, 11) is 0. The Morgan fingerprint density at radius 2 is 1.43 bits per heavy atom. The number of likely N-dealkylation sites (tertiary alicyclic amines) is 3. The van der Waals surface area contributed by atoms with Crippen molar-refractivity contribution in [1.82, 2.24) is 14.7 Å². The Balaban J connectivity index is 1.54. The molecule has 3 aliphatic heterocycles. The fourth-order valence-electron chi connectivity index (χ4n) is 5.91. The van der Waals surface area contributed by atoms with Gasteiger partial charge in [0.25, 0.3) is 0 Å². The SMILES string of the molecule is CC(C)C(=O)N1C[C@H]2CN(C(=O)C3CCCCC3)C[C@@]2(C(=O)N2CCCC2)C1. The first-order chi connectivity index (χ1) is 13.4. The van der Waals surface area contributed by atoms with E-state index < -0.39 is 5.41 Å². The molecular formula is C22H35N3O3. The summed E-state index contributed by atoms with van der Waals surface area (Å²) < 4.78 is 0. The van der Waals surface area contributed by atoms with E-state index in [4.69, 9.17) is 0 Å². The summed E-state index contributed by atoms with van der Waals surface area (Å²) in [4.78, 5) is 45.3. The van der Waals surface area contributed by atoms with Gasteiger partial charge in [-0.1, -0.05) is 33.1 Å². The molecule has 28 heavy (non-hydrogen) atoms. The van der Waals surface area contributed by atoms with Gasteiger partial charge in [0.1, 0.15) is 0 Å². The molecule has 4 rings (SSSR count). The van der Waals surface area contributed by atoms with Gasteiger partial charge < -0.3 is 14.7 Å². The molecule has 6 heteroatoms. The van der Waals surface area contributed by atoms with Crippen LogP contribution in [0.1, 0.15) is 58.8 Å². The van der Waals surface area contributed by atoms with Gasteiger partial charge in [0.15, 0.2) is 0 Å². The number of fused-ring (bicyclic) bond motifs is 1. The van der Waals surface area contributed by atoms with Crippen LogP contribution in [0.2, 0.25) is 0 Å². The van der Waals surface area contributed by atoms with E-state index in [9.17, 15) is 14.4 Å². The molecule has 6 nitrogen and oxygen atoms in total. The molecule has 4 aliphatic rings. The van der Waals surface area contributed by atoms with E-state index in [1.807, 2.05) is 28.5 Å². The van der Waals surface area contributed by atoms with Crippen molar-refractivity contribution in [2.24, 2.45) is 23.2 Å². The lowest BCUT2D eigenvalue weighted by atomic mass is 9.79. The molecule has 2 atom stereocenters. The van der Waals surface area contributed by atoms with Crippen molar-refractivity contribution in [3.05, 3.63) is 0 Å². The maximum atomic E-state index is 13.6. The third-order valence-electron chi connectivity index (χ3n) is 7.50. The Hall–Kier alpha value is -1.59. The van der Waals surface area contributed by atoms with Crippen LogP contribution in [0, 0.1) is 23.2 Å². The highest BCUT2D eigenvalue weighted by atomic mass is 16.2. The summed E-state index contributed by atoms with van der Waals surface area (Å²) >= 11 is 0. The maximum absolute atomic E-state index is 13.6. The van der Waals surface area contributed by atoms with Crippen molar-refractivity contribution in [2.75, 3.05) is 39.3 Å². The normalized spacial score (nSPS) is 31.0. The molecule has 156 valence electrons. The summed E-state index contributed by atoms with van der Waals surface area (Å²) in [5.74, 6) is 0.735. The summed E-state index contributed by atoms with van der Waals surface area (Å²) in [6.45, 7) is 7.73. The van der Waals surface area contributed by atoms with Gasteiger partial charge in [-0.15, -0.1) is 0 Å². The van der Waals surface area contributed by atoms with Gasteiger partial charge in [-0.3, -0.25) is 14.4 Å². The summed E-state index contributed by atoms with van der Waals surface area (Å²) in [5, 5.41) is 0. The van der Waals surface area contributed by atoms with Crippen LogP contribution in [0.15, 0.2) is 0 Å². The fraction of sp³-hybridized carbons (Fsp3) is 0.864. The Kier molecular flexibility index (Phi) is 5.41. The summed E-state index contributed by atoms with van der Waals surface area (Å²) in [5.41, 5.74) is -0.584. The molecule has 1 saturated carbocycles. The van der Waals surface area contributed by atoms with Gasteiger partial charge in [-0.2, -0.15) is 0 Å². The predicted octanol–water partition coefficient (Wildman–Crippen LogP) is 2.13. The Bertz CT molecular complexity index is 637. The van der Waals surface area contributed by atoms with Crippen LogP contribution in [-0.2, 0) is 14.4 Å². The molecule has 3 amide bonds. The molecule has 3 saturated heterocycles. The first-order valence-electron chi connectivity index (χ1n) is 11.3. The standard InChI is InChI=1S/C22H35N3O3/c1-16(2)19(26)24-12-18-13-25(20(27)17-8-4-3-5-9-17)15-22(18,14-24)21(28)23-10-6-7-11-23/h16-18H,3-15H2,1-2H3/t18-,22-/m0/s1. The lowest BCUT2D eigenvalue weighted by Gasteiger charge is -2.33. The van der Waals surface area contributed by atoms with E-state index in [2.05, 4.69) is 0 Å². The third kappa shape index (κ3) is 3.33. The zero-order valence-corrected chi connectivity index (χ0v) is 17.5. The minimum Gasteiger partial charge on any atom is -0.342 e. The van der Waals surface area contributed by atoms with E-state index in [1.165, 1.54) is 6.42 Å². The molecule has 0 bridgehead atoms. The average molecular weight is 390 g/mol. The van der Waals surface area contributed by atoms with Crippen LogP contribution in [0.3, 0.4) is 0 Å². The van der Waals surface area contributed by atoms with Crippen LogP contribution in [0.5, 0.6) is 0 Å². The molecular weight excluding hydrogens is 354 g/mol. The highest BCUT2D eigenvalue weighted by Gasteiger charge is 2.60. The number of nitrogens with zero attached hydrogens (tertiary/aromatic N) is 3. The number of carbonyl (C=O) groups is 3. The van der Waals surface area contributed by atoms with Crippen molar-refractivity contribution in [3.8, 4) is 0 Å². The molecule has 3 heterocycles. The number of hydrogen-bond donors (Lipinski definition) is 0. The quantitative estimate of drug-likeness (QED) is 0.743. The van der Waals surface area contributed by atoms with Crippen LogP contribution >= 0.6 is 0 Å². The number of rotatable bonds is 3. The Morgan fingerprint density at radius 1 is 0.821 bits per heavy atom. The third-order valence-corrected chi connectivity index (χ3v) is 7.50. The van der Waals surface area contributed by atoms with Gasteiger partial charge in [0.05, 0.1) is 5.41 Å². The Morgan fingerprint density at radius 3 is 2.07 bits per heavy atom. The van der Waals surface area contributed by atoms with E-state index in [-0.39, 0.29) is 35.5 Å². The smallest absolute Gasteiger partial charge is 0.232 e. The van der Waals surface area contributed by atoms with Crippen molar-refractivity contribution in [1.29, 1.82) is 0 Å². The first kappa shape index (κ1) is 19.7. The molecule has 0 aromatic carbocycles. The molecule has 0 radical (unpaired) electrons. The summed E-state index contributed by atoms with van der Waals surface area (Å²) in [6, 6.07) is 0. The highest BCUT2D eigenvalue weighted by molar-refractivity contribution is 5.89. The number of amides is 3. The molecule has 0 spiro atoms. The van der Waals surface area contributed by atoms with Gasteiger partial charge >= 0.3 is 0 Å².